The van der Waals surface area contributed by atoms with Gasteiger partial charge in [-0.2, -0.15) is 10.1 Å². The zero-order valence-corrected chi connectivity index (χ0v) is 15.9. The highest BCUT2D eigenvalue weighted by molar-refractivity contribution is 6.02. The second-order valence-corrected chi connectivity index (χ2v) is 6.14. The fourth-order valence-corrected chi connectivity index (χ4v) is 2.62. The Kier molecular flexibility index (Phi) is 6.36. The average Bonchev–Trinajstić information content (AvgIpc) is 2.72. The molecule has 3 rings (SSSR count). The van der Waals surface area contributed by atoms with Crippen molar-refractivity contribution in [3.05, 3.63) is 66.4 Å². The number of nitrogens with zero attached hydrogens (tertiary/aromatic N) is 3. The summed E-state index contributed by atoms with van der Waals surface area (Å²) in [6.45, 7) is 5.67. The predicted octanol–water partition coefficient (Wildman–Crippen LogP) is 2.77. The zero-order chi connectivity index (χ0) is 20.6. The van der Waals surface area contributed by atoms with E-state index < -0.39 is 5.91 Å². The Morgan fingerprint density at radius 1 is 1.28 bits per heavy atom. The average molecular weight is 391 g/mol. The molecular formula is C21H21N5O3. The molecule has 0 bridgehead atoms. The van der Waals surface area contributed by atoms with Gasteiger partial charge in [0.25, 0.3) is 5.91 Å². The lowest BCUT2D eigenvalue weighted by atomic mass is 10.0. The standard InChI is InChI=1S/C21H21N5O3/c1-3-10-22-21-24-14(2)11-20(25-21)29-13-19(28)26-23-12-17-16-7-5-4-6-15(16)8-9-18(17)27/h3-9,11-12,27H,1,10,13H2,2H3,(H,26,28)(H,22,24,25)/b23-12+. The van der Waals surface area contributed by atoms with Crippen LogP contribution in [0.2, 0.25) is 0 Å². The summed E-state index contributed by atoms with van der Waals surface area (Å²) in [5, 5.41) is 18.8. The molecule has 2 aromatic carbocycles. The van der Waals surface area contributed by atoms with Crippen LogP contribution >= 0.6 is 0 Å². The van der Waals surface area contributed by atoms with Crippen molar-refractivity contribution in [2.24, 2.45) is 5.10 Å². The van der Waals surface area contributed by atoms with Crippen molar-refractivity contribution in [1.29, 1.82) is 0 Å². The van der Waals surface area contributed by atoms with Gasteiger partial charge in [0.2, 0.25) is 11.8 Å². The number of carbonyl (C=O) groups is 1. The summed E-state index contributed by atoms with van der Waals surface area (Å²) in [4.78, 5) is 20.4. The predicted molar refractivity (Wildman–Crippen MR) is 112 cm³/mol. The molecule has 3 N–H and O–H groups in total. The van der Waals surface area contributed by atoms with E-state index in [2.05, 4.69) is 32.4 Å². The van der Waals surface area contributed by atoms with Crippen LogP contribution in [0.15, 0.2) is 60.2 Å². The van der Waals surface area contributed by atoms with Crippen molar-refractivity contribution in [3.63, 3.8) is 0 Å². The van der Waals surface area contributed by atoms with Gasteiger partial charge in [0.15, 0.2) is 6.61 Å². The van der Waals surface area contributed by atoms with Gasteiger partial charge in [-0.1, -0.05) is 36.4 Å². The number of aromatic nitrogens is 2. The Morgan fingerprint density at radius 3 is 2.93 bits per heavy atom. The van der Waals surface area contributed by atoms with Crippen molar-refractivity contribution < 1.29 is 14.6 Å². The van der Waals surface area contributed by atoms with Crippen LogP contribution in [0, 0.1) is 6.92 Å². The third-order valence-corrected chi connectivity index (χ3v) is 3.92. The van der Waals surface area contributed by atoms with Crippen molar-refractivity contribution in [1.82, 2.24) is 15.4 Å². The smallest absolute Gasteiger partial charge is 0.278 e. The number of fused-ring (bicyclic) bond motifs is 1. The highest BCUT2D eigenvalue weighted by Gasteiger charge is 2.07. The van der Waals surface area contributed by atoms with E-state index in [0.717, 1.165) is 10.8 Å². The molecule has 148 valence electrons. The molecule has 0 aliphatic rings. The third kappa shape index (κ3) is 5.29. The van der Waals surface area contributed by atoms with Crippen LogP contribution in [0.3, 0.4) is 0 Å². The van der Waals surface area contributed by atoms with E-state index in [1.165, 1.54) is 6.21 Å². The number of phenols is 1. The van der Waals surface area contributed by atoms with Gasteiger partial charge >= 0.3 is 0 Å². The van der Waals surface area contributed by atoms with E-state index in [9.17, 15) is 9.90 Å². The minimum Gasteiger partial charge on any atom is -0.507 e. The number of nitrogens with one attached hydrogen (secondary N) is 2. The number of hydrogen-bond acceptors (Lipinski definition) is 7. The molecule has 0 saturated heterocycles. The molecule has 8 heteroatoms. The topological polar surface area (TPSA) is 109 Å². The number of aromatic hydroxyl groups is 1. The lowest BCUT2D eigenvalue weighted by Crippen LogP contribution is -2.25. The van der Waals surface area contributed by atoms with E-state index in [-0.39, 0.29) is 18.2 Å². The quantitative estimate of drug-likeness (QED) is 0.310. The van der Waals surface area contributed by atoms with Gasteiger partial charge in [0.05, 0.1) is 6.21 Å². The molecule has 0 spiro atoms. The van der Waals surface area contributed by atoms with Crippen molar-refractivity contribution in [3.8, 4) is 11.6 Å². The van der Waals surface area contributed by atoms with Gasteiger partial charge < -0.3 is 15.2 Å². The van der Waals surface area contributed by atoms with Crippen molar-refractivity contribution in [2.45, 2.75) is 6.92 Å². The third-order valence-electron chi connectivity index (χ3n) is 3.92. The van der Waals surface area contributed by atoms with Gasteiger partial charge in [-0.15, -0.1) is 6.58 Å². The first-order chi connectivity index (χ1) is 14.1. The van der Waals surface area contributed by atoms with Gasteiger partial charge in [-0.25, -0.2) is 10.4 Å². The minimum atomic E-state index is -0.460. The maximum atomic E-state index is 12.0. The SMILES string of the molecule is C=CCNc1nc(C)cc(OCC(=O)N/N=C/c2c(O)ccc3ccccc23)n1. The van der Waals surface area contributed by atoms with E-state index in [1.54, 1.807) is 25.1 Å². The molecular weight excluding hydrogens is 370 g/mol. The van der Waals surface area contributed by atoms with Crippen molar-refractivity contribution in [2.75, 3.05) is 18.5 Å². The van der Waals surface area contributed by atoms with E-state index in [0.29, 0.717) is 23.8 Å². The molecule has 0 unspecified atom stereocenters. The maximum Gasteiger partial charge on any atom is 0.278 e. The molecule has 0 atom stereocenters. The molecule has 0 aliphatic heterocycles. The number of ether oxygens (including phenoxy) is 1. The monoisotopic (exact) mass is 391 g/mol. The second-order valence-electron chi connectivity index (χ2n) is 6.14. The van der Waals surface area contributed by atoms with Crippen molar-refractivity contribution >= 4 is 28.8 Å². The molecule has 1 aromatic heterocycles. The molecule has 0 aliphatic carbocycles. The Bertz CT molecular complexity index is 1070. The van der Waals surface area contributed by atoms with Crippen LogP contribution in [-0.4, -0.2) is 40.3 Å². The van der Waals surface area contributed by atoms with Crippen LogP contribution in [0.25, 0.3) is 10.8 Å². The highest BCUT2D eigenvalue weighted by Crippen LogP contribution is 2.25. The number of hydrazone groups is 1. The summed E-state index contributed by atoms with van der Waals surface area (Å²) >= 11 is 0. The molecule has 1 heterocycles. The van der Waals surface area contributed by atoms with E-state index in [1.807, 2.05) is 30.3 Å². The number of rotatable bonds is 8. The van der Waals surface area contributed by atoms with Gasteiger partial charge in [-0.05, 0) is 23.8 Å². The van der Waals surface area contributed by atoms with Crippen LogP contribution < -0.4 is 15.5 Å². The molecule has 0 radical (unpaired) electrons. The fourth-order valence-electron chi connectivity index (χ4n) is 2.62. The second kappa shape index (κ2) is 9.32. The number of amides is 1. The van der Waals surface area contributed by atoms with Crippen LogP contribution in [0.1, 0.15) is 11.3 Å². The Balaban J connectivity index is 1.60. The summed E-state index contributed by atoms with van der Waals surface area (Å²) in [5.41, 5.74) is 3.60. The van der Waals surface area contributed by atoms with Gasteiger partial charge in [-0.3, -0.25) is 4.79 Å². The highest BCUT2D eigenvalue weighted by atomic mass is 16.5. The maximum absolute atomic E-state index is 12.0. The number of carbonyl (C=O) groups excluding carboxylic acids is 1. The number of benzene rings is 2. The Morgan fingerprint density at radius 2 is 2.10 bits per heavy atom. The van der Waals surface area contributed by atoms with Crippen LogP contribution in [0.5, 0.6) is 11.6 Å². The summed E-state index contributed by atoms with van der Waals surface area (Å²) in [5.74, 6) is 0.284. The lowest BCUT2D eigenvalue weighted by molar-refractivity contribution is -0.123. The first-order valence-electron chi connectivity index (χ1n) is 8.92. The summed E-state index contributed by atoms with van der Waals surface area (Å²) in [7, 11) is 0. The summed E-state index contributed by atoms with van der Waals surface area (Å²) < 4.78 is 5.41. The van der Waals surface area contributed by atoms with Gasteiger partial charge in [0, 0.05) is 23.9 Å². The van der Waals surface area contributed by atoms with Gasteiger partial charge in [0.1, 0.15) is 5.75 Å². The number of aryl methyl sites for hydroxylation is 1. The Labute approximate surface area is 168 Å². The number of anilines is 1. The fraction of sp³-hybridized carbons (Fsp3) is 0.143. The Hall–Kier alpha value is -3.94. The first-order valence-corrected chi connectivity index (χ1v) is 8.92. The van der Waals surface area contributed by atoms with Crippen LogP contribution in [-0.2, 0) is 4.79 Å². The normalized spacial score (nSPS) is 10.8. The largest absolute Gasteiger partial charge is 0.507 e. The molecule has 0 fully saturated rings. The molecule has 3 aromatic rings. The zero-order valence-electron chi connectivity index (χ0n) is 15.9. The van der Waals surface area contributed by atoms with E-state index >= 15 is 0 Å². The molecule has 0 saturated carbocycles. The minimum absolute atomic E-state index is 0.0777. The number of phenolic OH excluding ortho intramolecular Hbond substituents is 1. The van der Waals surface area contributed by atoms with Crippen LogP contribution in [0.4, 0.5) is 5.95 Å². The molecule has 8 nitrogen and oxygen atoms in total. The summed E-state index contributed by atoms with van der Waals surface area (Å²) in [6, 6.07) is 12.6. The van der Waals surface area contributed by atoms with E-state index in [4.69, 9.17) is 4.74 Å². The summed E-state index contributed by atoms with van der Waals surface area (Å²) in [6.07, 6.45) is 3.09. The lowest BCUT2D eigenvalue weighted by Gasteiger charge is -2.08. The molecule has 1 amide bonds. The first kappa shape index (κ1) is 19.8. The molecule has 29 heavy (non-hydrogen) atoms. The number of hydrogen-bond donors (Lipinski definition) is 3.